The minimum absolute atomic E-state index is 0.0154. The molecule has 0 N–H and O–H groups in total. The minimum Gasteiger partial charge on any atom is -0.467 e. The maximum absolute atomic E-state index is 14.8. The van der Waals surface area contributed by atoms with Crippen LogP contribution in [0.15, 0.2) is 66.8 Å². The Morgan fingerprint density at radius 2 is 1.59 bits per heavy atom. The Hall–Kier alpha value is -3.74. The van der Waals surface area contributed by atoms with Gasteiger partial charge < -0.3 is 14.2 Å². The molecule has 6 nitrogen and oxygen atoms in total. The van der Waals surface area contributed by atoms with Crippen LogP contribution in [-0.2, 0) is 30.3 Å². The van der Waals surface area contributed by atoms with Crippen LogP contribution in [-0.4, -0.2) is 31.6 Å². The molecule has 2 aromatic rings. The maximum atomic E-state index is 14.8. The molecule has 1 atom stereocenters. The molecule has 0 aromatic heterocycles. The van der Waals surface area contributed by atoms with E-state index in [1.54, 1.807) is 43.3 Å². The fourth-order valence-corrected chi connectivity index (χ4v) is 2.77. The van der Waals surface area contributed by atoms with E-state index >= 15 is 0 Å². The van der Waals surface area contributed by atoms with E-state index in [4.69, 9.17) is 14.2 Å². The Labute approximate surface area is 186 Å². The van der Waals surface area contributed by atoms with Gasteiger partial charge in [0.2, 0.25) is 0 Å². The van der Waals surface area contributed by atoms with E-state index in [2.05, 4.69) is 13.2 Å². The normalized spacial score (nSPS) is 11.2. The van der Waals surface area contributed by atoms with Crippen molar-refractivity contribution in [2.24, 2.45) is 5.92 Å². The van der Waals surface area contributed by atoms with Crippen molar-refractivity contribution in [3.05, 3.63) is 78.1 Å². The van der Waals surface area contributed by atoms with Crippen LogP contribution in [0.1, 0.15) is 19.4 Å². The third-order valence-electron chi connectivity index (χ3n) is 4.51. The summed E-state index contributed by atoms with van der Waals surface area (Å²) in [5.41, 5.74) is 2.31. The summed E-state index contributed by atoms with van der Waals surface area (Å²) in [5, 5.41) is 0. The number of benzene rings is 2. The average molecular weight is 440 g/mol. The Morgan fingerprint density at radius 1 is 0.969 bits per heavy atom. The Kier molecular flexibility index (Phi) is 8.89. The van der Waals surface area contributed by atoms with Gasteiger partial charge >= 0.3 is 11.9 Å². The molecule has 0 saturated heterocycles. The molecule has 0 aliphatic carbocycles. The monoisotopic (exact) mass is 440 g/mol. The largest absolute Gasteiger partial charge is 0.467 e. The van der Waals surface area contributed by atoms with Gasteiger partial charge in [-0.3, -0.25) is 4.79 Å². The van der Waals surface area contributed by atoms with Crippen molar-refractivity contribution in [3.8, 4) is 16.9 Å². The molecular formula is C25H25FO6. The lowest BCUT2D eigenvalue weighted by Crippen LogP contribution is -2.21. The van der Waals surface area contributed by atoms with Gasteiger partial charge in [-0.1, -0.05) is 37.4 Å². The number of esters is 2. The predicted molar refractivity (Wildman–Crippen MR) is 117 cm³/mol. The van der Waals surface area contributed by atoms with Gasteiger partial charge in [0.25, 0.3) is 6.47 Å². The van der Waals surface area contributed by atoms with E-state index in [1.807, 2.05) is 0 Å². The summed E-state index contributed by atoms with van der Waals surface area (Å²) in [6.07, 6.45) is 0.208. The molecule has 0 saturated carbocycles. The maximum Gasteiger partial charge on any atom is 0.338 e. The summed E-state index contributed by atoms with van der Waals surface area (Å²) < 4.78 is 29.8. The second-order valence-corrected chi connectivity index (χ2v) is 7.38. The third-order valence-corrected chi connectivity index (χ3v) is 4.51. The van der Waals surface area contributed by atoms with Crippen molar-refractivity contribution in [2.75, 3.05) is 13.2 Å². The zero-order chi connectivity index (χ0) is 23.7. The minimum atomic E-state index is -0.561. The smallest absolute Gasteiger partial charge is 0.338 e. The van der Waals surface area contributed by atoms with Crippen LogP contribution < -0.4 is 4.74 Å². The summed E-state index contributed by atoms with van der Waals surface area (Å²) >= 11 is 0. The second kappa shape index (κ2) is 11.6. The highest BCUT2D eigenvalue weighted by Gasteiger charge is 2.17. The molecule has 0 radical (unpaired) electrons. The van der Waals surface area contributed by atoms with Crippen molar-refractivity contribution in [3.63, 3.8) is 0 Å². The highest BCUT2D eigenvalue weighted by molar-refractivity contribution is 5.88. The number of halogens is 1. The standard InChI is InChI=1S/C25H25FO6/c1-16(2)24(28)31-14-18(13-30-15-27)11-21-6-5-20(12-23(21)26)19-7-9-22(10-8-19)32-25(29)17(3)4/h5-10,12,15,18H,1,3,11,13-14H2,2,4H3. The number of rotatable bonds is 11. The van der Waals surface area contributed by atoms with Gasteiger partial charge in [-0.15, -0.1) is 0 Å². The molecule has 0 spiro atoms. The lowest BCUT2D eigenvalue weighted by molar-refractivity contribution is -0.141. The van der Waals surface area contributed by atoms with Gasteiger partial charge in [-0.05, 0) is 55.2 Å². The average Bonchev–Trinajstić information content (AvgIpc) is 2.76. The quantitative estimate of drug-likeness (QED) is 0.223. The summed E-state index contributed by atoms with van der Waals surface area (Å²) in [5.74, 6) is -1.57. The Bertz CT molecular complexity index is 1010. The van der Waals surface area contributed by atoms with E-state index in [1.165, 1.54) is 13.0 Å². The molecule has 0 aliphatic rings. The van der Waals surface area contributed by atoms with Crippen LogP contribution in [0.25, 0.3) is 11.1 Å². The van der Waals surface area contributed by atoms with Gasteiger partial charge in [-0.25, -0.2) is 14.0 Å². The van der Waals surface area contributed by atoms with Gasteiger partial charge in [0.15, 0.2) is 0 Å². The summed E-state index contributed by atoms with van der Waals surface area (Å²) in [6, 6.07) is 11.4. The summed E-state index contributed by atoms with van der Waals surface area (Å²) in [7, 11) is 0. The lowest BCUT2D eigenvalue weighted by atomic mass is 9.97. The fraction of sp³-hybridized carbons (Fsp3) is 0.240. The van der Waals surface area contributed by atoms with Gasteiger partial charge in [-0.2, -0.15) is 0 Å². The van der Waals surface area contributed by atoms with Gasteiger partial charge in [0.1, 0.15) is 11.6 Å². The highest BCUT2D eigenvalue weighted by atomic mass is 19.1. The first kappa shape index (κ1) is 24.5. The SMILES string of the molecule is C=C(C)C(=O)OCC(COC=O)Cc1ccc(-c2ccc(OC(=O)C(=C)C)cc2)cc1F. The molecule has 2 rings (SSSR count). The highest BCUT2D eigenvalue weighted by Crippen LogP contribution is 2.26. The number of ether oxygens (including phenoxy) is 3. The van der Waals surface area contributed by atoms with Crippen LogP contribution in [0.3, 0.4) is 0 Å². The van der Waals surface area contributed by atoms with Crippen LogP contribution >= 0.6 is 0 Å². The first-order valence-corrected chi connectivity index (χ1v) is 9.85. The fourth-order valence-electron chi connectivity index (χ4n) is 2.77. The molecule has 7 heteroatoms. The summed E-state index contributed by atoms with van der Waals surface area (Å²) in [4.78, 5) is 33.8. The van der Waals surface area contributed by atoms with Crippen molar-refractivity contribution < 1.29 is 33.0 Å². The van der Waals surface area contributed by atoms with Crippen LogP contribution in [0.5, 0.6) is 5.75 Å². The molecule has 0 bridgehead atoms. The van der Waals surface area contributed by atoms with Crippen LogP contribution in [0.2, 0.25) is 0 Å². The molecule has 1 unspecified atom stereocenters. The molecule has 0 heterocycles. The second-order valence-electron chi connectivity index (χ2n) is 7.38. The molecule has 0 aliphatic heterocycles. The third kappa shape index (κ3) is 7.19. The molecule has 168 valence electrons. The van der Waals surface area contributed by atoms with Crippen molar-refractivity contribution in [2.45, 2.75) is 20.3 Å². The summed E-state index contributed by atoms with van der Waals surface area (Å²) in [6.45, 7) is 10.4. The Morgan fingerprint density at radius 3 is 2.16 bits per heavy atom. The van der Waals surface area contributed by atoms with Crippen molar-refractivity contribution in [1.82, 2.24) is 0 Å². The number of carbonyl (C=O) groups is 3. The number of hydrogen-bond acceptors (Lipinski definition) is 6. The van der Waals surface area contributed by atoms with Crippen LogP contribution in [0, 0.1) is 11.7 Å². The Balaban J connectivity index is 2.11. The van der Waals surface area contributed by atoms with Crippen molar-refractivity contribution in [1.29, 1.82) is 0 Å². The number of hydrogen-bond donors (Lipinski definition) is 0. The van der Waals surface area contributed by atoms with Gasteiger partial charge in [0, 0.05) is 17.1 Å². The lowest BCUT2D eigenvalue weighted by Gasteiger charge is -2.17. The zero-order valence-electron chi connectivity index (χ0n) is 18.1. The molecule has 0 amide bonds. The first-order valence-electron chi connectivity index (χ1n) is 9.85. The van der Waals surface area contributed by atoms with E-state index in [0.29, 0.717) is 23.3 Å². The molecule has 32 heavy (non-hydrogen) atoms. The predicted octanol–water partition coefficient (Wildman–Crippen LogP) is 4.43. The number of carbonyl (C=O) groups excluding carboxylic acids is 3. The first-order chi connectivity index (χ1) is 15.2. The molecular weight excluding hydrogens is 415 g/mol. The topological polar surface area (TPSA) is 78.9 Å². The zero-order valence-corrected chi connectivity index (χ0v) is 18.1. The van der Waals surface area contributed by atoms with E-state index in [-0.39, 0.29) is 30.8 Å². The van der Waals surface area contributed by atoms with Crippen molar-refractivity contribution >= 4 is 18.4 Å². The molecule has 2 aromatic carbocycles. The van der Waals surface area contributed by atoms with E-state index in [0.717, 1.165) is 5.56 Å². The van der Waals surface area contributed by atoms with E-state index in [9.17, 15) is 18.8 Å². The van der Waals surface area contributed by atoms with Gasteiger partial charge in [0.05, 0.1) is 13.2 Å². The molecule has 0 fully saturated rings. The van der Waals surface area contributed by atoms with Crippen LogP contribution in [0.4, 0.5) is 4.39 Å². The van der Waals surface area contributed by atoms with E-state index < -0.39 is 23.7 Å².